The van der Waals surface area contributed by atoms with Crippen molar-refractivity contribution in [2.45, 2.75) is 264 Å². The molecular weight excluding hydrogens is 954 g/mol. The maximum absolute atomic E-state index is 12.7. The summed E-state index contributed by atoms with van der Waals surface area (Å²) in [5.41, 5.74) is 5.38. The molecule has 9 nitrogen and oxygen atoms in total. The normalized spacial score (nSPS) is 13.8. The van der Waals surface area contributed by atoms with Crippen LogP contribution in [-0.2, 0) is 32.7 Å². The first-order chi connectivity index (χ1) is 36.8. The van der Waals surface area contributed by atoms with Gasteiger partial charge in [-0.3, -0.25) is 18.6 Å². The number of hydrogen-bond donors (Lipinski definition) is 2. The van der Waals surface area contributed by atoms with Gasteiger partial charge in [0, 0.05) is 19.4 Å². The molecule has 0 amide bonds. The highest BCUT2D eigenvalue weighted by Gasteiger charge is 2.26. The lowest BCUT2D eigenvalue weighted by Crippen LogP contribution is -2.29. The molecule has 0 fully saturated rings. The molecule has 0 aromatic carbocycles. The number of nitrogens with two attached hydrogens (primary N) is 1. The molecule has 0 aromatic heterocycles. The van der Waals surface area contributed by atoms with Gasteiger partial charge in [0.25, 0.3) is 0 Å². The van der Waals surface area contributed by atoms with Crippen LogP contribution in [0.1, 0.15) is 258 Å². The molecule has 0 rings (SSSR count). The second-order valence-corrected chi connectivity index (χ2v) is 21.3. The van der Waals surface area contributed by atoms with Gasteiger partial charge in [0.15, 0.2) is 6.10 Å². The zero-order valence-electron chi connectivity index (χ0n) is 48.0. The van der Waals surface area contributed by atoms with Crippen molar-refractivity contribution < 1.29 is 37.6 Å². The van der Waals surface area contributed by atoms with E-state index in [1.165, 1.54) is 148 Å². The van der Waals surface area contributed by atoms with E-state index < -0.39 is 32.5 Å². The molecule has 0 radical (unpaired) electrons. The fraction of sp³-hybridized carbons (Fsp3) is 0.692. The predicted molar refractivity (Wildman–Crippen MR) is 321 cm³/mol. The number of esters is 2. The first-order valence-electron chi connectivity index (χ1n) is 30.4. The number of phosphoric ester groups is 1. The fourth-order valence-electron chi connectivity index (χ4n) is 8.19. The molecule has 0 aliphatic heterocycles. The number of unbranched alkanes of at least 4 members (excludes halogenated alkanes) is 25. The minimum absolute atomic E-state index is 0.0394. The van der Waals surface area contributed by atoms with Gasteiger partial charge in [-0.15, -0.1) is 0 Å². The Bertz CT molecular complexity index is 1590. The van der Waals surface area contributed by atoms with Crippen molar-refractivity contribution in [1.82, 2.24) is 0 Å². The van der Waals surface area contributed by atoms with Crippen molar-refractivity contribution in [3.8, 4) is 0 Å². The summed E-state index contributed by atoms with van der Waals surface area (Å²) in [6.45, 7) is 3.56. The predicted octanol–water partition coefficient (Wildman–Crippen LogP) is 19.4. The molecule has 0 saturated heterocycles. The van der Waals surface area contributed by atoms with Crippen LogP contribution < -0.4 is 5.73 Å². The molecule has 0 bridgehead atoms. The largest absolute Gasteiger partial charge is 0.472 e. The van der Waals surface area contributed by atoms with Crippen LogP contribution in [0.2, 0.25) is 0 Å². The SMILES string of the molecule is CC/C=C\C/C=C\C/C=C\C/C=C\C/C=C\C/C=C\C/C=C\CCCC(=O)OC(COC(=O)CCCCCCCCCCCCCCCCCCCCC/C=C\C/C=C\CCCCCCC)COP(=O)(O)OCCN. The number of ether oxygens (including phenoxy) is 2. The van der Waals surface area contributed by atoms with Crippen molar-refractivity contribution in [1.29, 1.82) is 0 Å². The Morgan fingerprint density at radius 3 is 1.13 bits per heavy atom. The molecule has 0 heterocycles. The van der Waals surface area contributed by atoms with E-state index in [4.69, 9.17) is 24.3 Å². The maximum Gasteiger partial charge on any atom is 0.472 e. The van der Waals surface area contributed by atoms with Crippen LogP contribution in [0.5, 0.6) is 0 Å². The van der Waals surface area contributed by atoms with Gasteiger partial charge in [0.1, 0.15) is 6.61 Å². The molecule has 75 heavy (non-hydrogen) atoms. The molecular formula is C65H112NO8P. The van der Waals surface area contributed by atoms with Gasteiger partial charge in [-0.1, -0.05) is 258 Å². The van der Waals surface area contributed by atoms with Crippen molar-refractivity contribution in [2.75, 3.05) is 26.4 Å². The number of hydrogen-bond acceptors (Lipinski definition) is 8. The Balaban J connectivity index is 4.00. The van der Waals surface area contributed by atoms with Crippen LogP contribution in [-0.4, -0.2) is 49.3 Å². The molecule has 2 atom stereocenters. The lowest BCUT2D eigenvalue weighted by atomic mass is 10.0. The third kappa shape index (κ3) is 59.8. The van der Waals surface area contributed by atoms with E-state index >= 15 is 0 Å². The average molecular weight is 1070 g/mol. The average Bonchev–Trinajstić information content (AvgIpc) is 3.40. The van der Waals surface area contributed by atoms with Crippen LogP contribution >= 0.6 is 7.82 Å². The Morgan fingerprint density at radius 1 is 0.413 bits per heavy atom. The van der Waals surface area contributed by atoms with Crippen molar-refractivity contribution in [3.63, 3.8) is 0 Å². The highest BCUT2D eigenvalue weighted by Crippen LogP contribution is 2.43. The van der Waals surface area contributed by atoms with Crippen LogP contribution in [0.25, 0.3) is 0 Å². The molecule has 3 N–H and O–H groups in total. The number of carbonyl (C=O) groups is 2. The van der Waals surface area contributed by atoms with E-state index in [0.717, 1.165) is 70.6 Å². The lowest BCUT2D eigenvalue weighted by molar-refractivity contribution is -0.161. The summed E-state index contributed by atoms with van der Waals surface area (Å²) in [4.78, 5) is 35.2. The van der Waals surface area contributed by atoms with Crippen molar-refractivity contribution in [3.05, 3.63) is 109 Å². The van der Waals surface area contributed by atoms with Gasteiger partial charge >= 0.3 is 19.8 Å². The quantitative estimate of drug-likeness (QED) is 0.0264. The summed E-state index contributed by atoms with van der Waals surface area (Å²) >= 11 is 0. The monoisotopic (exact) mass is 1070 g/mol. The first-order valence-corrected chi connectivity index (χ1v) is 31.9. The molecule has 0 aliphatic carbocycles. The summed E-state index contributed by atoms with van der Waals surface area (Å²) < 4.78 is 33.0. The zero-order chi connectivity index (χ0) is 54.5. The highest BCUT2D eigenvalue weighted by atomic mass is 31.2. The van der Waals surface area contributed by atoms with E-state index in [1.807, 2.05) is 6.08 Å². The third-order valence-corrected chi connectivity index (χ3v) is 13.6. The number of carbonyl (C=O) groups excluding carboxylic acids is 2. The summed E-state index contributed by atoms with van der Waals surface area (Å²) in [5.74, 6) is -0.897. The van der Waals surface area contributed by atoms with Gasteiger partial charge in [0.2, 0.25) is 0 Å². The lowest BCUT2D eigenvalue weighted by Gasteiger charge is -2.19. The Morgan fingerprint density at radius 2 is 0.747 bits per heavy atom. The minimum atomic E-state index is -4.41. The molecule has 0 aliphatic rings. The summed E-state index contributed by atoms with van der Waals surface area (Å²) in [5, 5.41) is 0. The smallest absolute Gasteiger partial charge is 0.462 e. The van der Waals surface area contributed by atoms with E-state index in [-0.39, 0.29) is 32.6 Å². The van der Waals surface area contributed by atoms with Crippen LogP contribution in [0.4, 0.5) is 0 Å². The summed E-state index contributed by atoms with van der Waals surface area (Å²) in [6, 6.07) is 0. The highest BCUT2D eigenvalue weighted by molar-refractivity contribution is 7.47. The van der Waals surface area contributed by atoms with Gasteiger partial charge < -0.3 is 20.1 Å². The summed E-state index contributed by atoms with van der Waals surface area (Å²) in [6.07, 6.45) is 81.7. The van der Waals surface area contributed by atoms with E-state index in [1.54, 1.807) is 0 Å². The molecule has 0 spiro atoms. The number of rotatable bonds is 56. The van der Waals surface area contributed by atoms with Crippen molar-refractivity contribution >= 4 is 19.8 Å². The fourth-order valence-corrected chi connectivity index (χ4v) is 8.95. The second-order valence-electron chi connectivity index (χ2n) is 19.8. The zero-order valence-corrected chi connectivity index (χ0v) is 48.9. The third-order valence-electron chi connectivity index (χ3n) is 12.6. The molecule has 0 aromatic rings. The Kier molecular flexibility index (Phi) is 57.2. The second kappa shape index (κ2) is 59.9. The van der Waals surface area contributed by atoms with Crippen LogP contribution in [0, 0.1) is 0 Å². The molecule has 430 valence electrons. The number of allylic oxidation sites excluding steroid dienone is 18. The van der Waals surface area contributed by atoms with Crippen molar-refractivity contribution in [2.24, 2.45) is 5.73 Å². The summed E-state index contributed by atoms with van der Waals surface area (Å²) in [7, 11) is -4.41. The van der Waals surface area contributed by atoms with Gasteiger partial charge in [-0.25, -0.2) is 4.57 Å². The van der Waals surface area contributed by atoms with E-state index in [0.29, 0.717) is 12.8 Å². The maximum atomic E-state index is 12.7. The number of phosphoric acid groups is 1. The minimum Gasteiger partial charge on any atom is -0.462 e. The molecule has 10 heteroatoms. The van der Waals surface area contributed by atoms with E-state index in [9.17, 15) is 19.0 Å². The first kappa shape index (κ1) is 71.7. The Labute approximate surface area is 460 Å². The standard InChI is InChI=1S/C65H112NO8P/c1-3-5-7-9-11-13-15-17-19-21-23-25-27-28-29-30-31-32-33-34-36-37-39-41-43-45-47-49-51-53-55-57-64(67)71-61-63(62-73-75(69,70)72-60-59-66)74-65(68)58-56-54-52-50-48-46-44-42-40-38-35-26-24-22-20-18-16-14-12-10-8-6-4-2/h6,8,12,14-15,17-18,20-21,23-24,26,38,40,44,46,50,52,63H,3-5,7,9-11,13,16,19,22,25,27-37,39,41-43,45,47-49,51,53-62,66H2,1-2H3,(H,69,70)/b8-6-,14-12-,17-15-,20-18-,23-21-,26-24-,40-38-,46-44-,52-50-. The van der Waals surface area contributed by atoms with Gasteiger partial charge in [0.05, 0.1) is 13.2 Å². The van der Waals surface area contributed by atoms with Gasteiger partial charge in [-0.2, -0.15) is 0 Å². The molecule has 2 unspecified atom stereocenters. The van der Waals surface area contributed by atoms with E-state index in [2.05, 4.69) is 117 Å². The van der Waals surface area contributed by atoms with Gasteiger partial charge in [-0.05, 0) is 96.3 Å². The topological polar surface area (TPSA) is 134 Å². The Hall–Kier alpha value is -3.33. The van der Waals surface area contributed by atoms with Crippen LogP contribution in [0.3, 0.4) is 0 Å². The molecule has 0 saturated carbocycles. The van der Waals surface area contributed by atoms with Crippen LogP contribution in [0.15, 0.2) is 109 Å².